The monoisotopic (exact) mass is 535 g/mol. The number of guanidine groups is 1. The van der Waals surface area contributed by atoms with Crippen molar-refractivity contribution in [1.82, 2.24) is 24.8 Å². The van der Waals surface area contributed by atoms with E-state index in [2.05, 4.69) is 44.4 Å². The molecule has 0 radical (unpaired) electrons. The van der Waals surface area contributed by atoms with Crippen LogP contribution in [0, 0.1) is 0 Å². The molecule has 0 unspecified atom stereocenters. The maximum Gasteiger partial charge on any atom is 0.194 e. The van der Waals surface area contributed by atoms with Gasteiger partial charge in [0.1, 0.15) is 11.6 Å². The van der Waals surface area contributed by atoms with Crippen LogP contribution in [0.2, 0.25) is 0 Å². The maximum absolute atomic E-state index is 5.36. The van der Waals surface area contributed by atoms with Crippen molar-refractivity contribution >= 4 is 41.3 Å². The van der Waals surface area contributed by atoms with Crippen molar-refractivity contribution in [2.24, 2.45) is 4.99 Å². The minimum absolute atomic E-state index is 0. The number of benzene rings is 1. The molecule has 0 atom stereocenters. The molecule has 0 saturated carbocycles. The molecule has 0 aliphatic carbocycles. The van der Waals surface area contributed by atoms with Gasteiger partial charge in [-0.3, -0.25) is 9.39 Å². The van der Waals surface area contributed by atoms with E-state index in [4.69, 9.17) is 9.73 Å². The summed E-state index contributed by atoms with van der Waals surface area (Å²) in [6.45, 7) is 7.39. The molecule has 1 aliphatic rings. The lowest BCUT2D eigenvalue weighted by molar-refractivity contribution is 0.372. The Bertz CT molecular complexity index is 998. The Morgan fingerprint density at radius 2 is 1.94 bits per heavy atom. The van der Waals surface area contributed by atoms with Crippen LogP contribution >= 0.6 is 24.0 Å². The number of pyridine rings is 1. The van der Waals surface area contributed by atoms with Gasteiger partial charge in [-0.2, -0.15) is 0 Å². The Kier molecular flexibility index (Phi) is 8.33. The van der Waals surface area contributed by atoms with Gasteiger partial charge >= 0.3 is 0 Å². The zero-order valence-corrected chi connectivity index (χ0v) is 20.4. The summed E-state index contributed by atoms with van der Waals surface area (Å²) in [5, 5.41) is 12.0. The lowest BCUT2D eigenvalue weighted by Gasteiger charge is -2.37. The molecule has 0 amide bonds. The van der Waals surface area contributed by atoms with Gasteiger partial charge in [-0.25, -0.2) is 0 Å². The van der Waals surface area contributed by atoms with Gasteiger partial charge in [-0.05, 0) is 31.2 Å². The second-order valence-corrected chi connectivity index (χ2v) is 7.21. The molecule has 0 bridgehead atoms. The van der Waals surface area contributed by atoms with Crippen molar-refractivity contribution in [3.63, 3.8) is 0 Å². The minimum Gasteiger partial charge on any atom is -0.497 e. The van der Waals surface area contributed by atoms with Gasteiger partial charge in [0.25, 0.3) is 0 Å². The Morgan fingerprint density at radius 3 is 2.71 bits per heavy atom. The van der Waals surface area contributed by atoms with E-state index in [9.17, 15) is 0 Å². The van der Waals surface area contributed by atoms with Crippen LogP contribution in [-0.4, -0.2) is 71.8 Å². The van der Waals surface area contributed by atoms with Crippen LogP contribution in [-0.2, 0) is 6.42 Å². The topological polar surface area (TPSA) is 70.3 Å². The van der Waals surface area contributed by atoms with E-state index in [1.54, 1.807) is 7.11 Å². The summed E-state index contributed by atoms with van der Waals surface area (Å²) in [6.07, 6.45) is 2.75. The fraction of sp³-hybridized carbons (Fsp3) is 0.409. The van der Waals surface area contributed by atoms with Gasteiger partial charge in [0.15, 0.2) is 11.6 Å². The molecule has 1 saturated heterocycles. The highest BCUT2D eigenvalue weighted by Gasteiger charge is 2.20. The molecule has 166 valence electrons. The summed E-state index contributed by atoms with van der Waals surface area (Å²) < 4.78 is 7.38. The van der Waals surface area contributed by atoms with Crippen LogP contribution in [0.5, 0.6) is 5.75 Å². The van der Waals surface area contributed by atoms with E-state index in [0.717, 1.165) is 62.3 Å². The zero-order valence-electron chi connectivity index (χ0n) is 18.1. The van der Waals surface area contributed by atoms with Crippen LogP contribution in [0.1, 0.15) is 12.7 Å². The van der Waals surface area contributed by atoms with Gasteiger partial charge in [-0.1, -0.05) is 12.1 Å². The molecule has 4 rings (SSSR count). The molecule has 1 N–H and O–H groups in total. The summed E-state index contributed by atoms with van der Waals surface area (Å²) in [5.74, 6) is 2.80. The number of nitrogens with zero attached hydrogens (tertiary/aromatic N) is 6. The van der Waals surface area contributed by atoms with E-state index < -0.39 is 0 Å². The second-order valence-electron chi connectivity index (χ2n) is 7.21. The molecule has 1 aromatic carbocycles. The average Bonchev–Trinajstić information content (AvgIpc) is 3.22. The zero-order chi connectivity index (χ0) is 20.8. The molecule has 9 heteroatoms. The first-order valence-electron chi connectivity index (χ1n) is 10.5. The quantitative estimate of drug-likeness (QED) is 0.298. The lowest BCUT2D eigenvalue weighted by Crippen LogP contribution is -2.52. The van der Waals surface area contributed by atoms with Crippen LogP contribution in [0.15, 0.2) is 53.7 Å². The maximum atomic E-state index is 5.36. The Balaban J connectivity index is 0.00000272. The number of rotatable bonds is 6. The molecular formula is C22H30IN7O. The van der Waals surface area contributed by atoms with Gasteiger partial charge in [0.05, 0.1) is 7.11 Å². The molecular weight excluding hydrogens is 505 g/mol. The highest BCUT2D eigenvalue weighted by molar-refractivity contribution is 14.0. The Hall–Kier alpha value is -2.56. The summed E-state index contributed by atoms with van der Waals surface area (Å²) in [5.41, 5.74) is 2.08. The predicted molar refractivity (Wildman–Crippen MR) is 135 cm³/mol. The first-order chi connectivity index (χ1) is 14.8. The number of nitrogens with one attached hydrogen (secondary N) is 1. The lowest BCUT2D eigenvalue weighted by atomic mass is 10.2. The third-order valence-electron chi connectivity index (χ3n) is 5.31. The largest absolute Gasteiger partial charge is 0.497 e. The Morgan fingerprint density at radius 1 is 1.10 bits per heavy atom. The molecule has 3 heterocycles. The number of hydrogen-bond acceptors (Lipinski definition) is 5. The number of aliphatic imine (C=N–C) groups is 1. The third kappa shape index (κ3) is 5.57. The second kappa shape index (κ2) is 11.2. The molecule has 2 aromatic heterocycles. The van der Waals surface area contributed by atoms with E-state index in [0.29, 0.717) is 6.54 Å². The molecule has 1 aliphatic heterocycles. The van der Waals surface area contributed by atoms with Gasteiger partial charge < -0.3 is 19.9 Å². The van der Waals surface area contributed by atoms with E-state index >= 15 is 0 Å². The smallest absolute Gasteiger partial charge is 0.194 e. The normalized spacial score (nSPS) is 14.5. The first-order valence-corrected chi connectivity index (χ1v) is 10.5. The van der Waals surface area contributed by atoms with Crippen molar-refractivity contribution in [3.8, 4) is 5.75 Å². The van der Waals surface area contributed by atoms with Crippen LogP contribution < -0.4 is 15.0 Å². The predicted octanol–water partition coefficient (Wildman–Crippen LogP) is 2.69. The fourth-order valence-electron chi connectivity index (χ4n) is 3.73. The molecule has 3 aromatic rings. The van der Waals surface area contributed by atoms with Crippen LogP contribution in [0.3, 0.4) is 0 Å². The van der Waals surface area contributed by atoms with Crippen molar-refractivity contribution in [1.29, 1.82) is 0 Å². The standard InChI is InChI=1S/C22H29N7O.HI/c1-3-23-22(24-11-10-21-26-25-20-9-4-5-12-29(20)21)28-15-13-27(14-16-28)18-7-6-8-19(17-18)30-2;/h4-9,12,17H,3,10-11,13-16H2,1-2H3,(H,23,24);1H. The average molecular weight is 535 g/mol. The van der Waals surface area contributed by atoms with Crippen molar-refractivity contribution < 1.29 is 4.74 Å². The van der Waals surface area contributed by atoms with E-state index in [-0.39, 0.29) is 24.0 Å². The number of ether oxygens (including phenoxy) is 1. The number of aromatic nitrogens is 3. The molecule has 1 fully saturated rings. The number of anilines is 1. The van der Waals surface area contributed by atoms with Gasteiger partial charge in [0.2, 0.25) is 0 Å². The summed E-state index contributed by atoms with van der Waals surface area (Å²) >= 11 is 0. The fourth-order valence-corrected chi connectivity index (χ4v) is 3.73. The number of halogens is 1. The van der Waals surface area contributed by atoms with Gasteiger partial charge in [-0.15, -0.1) is 34.2 Å². The molecule has 31 heavy (non-hydrogen) atoms. The summed E-state index contributed by atoms with van der Waals surface area (Å²) in [4.78, 5) is 9.58. The summed E-state index contributed by atoms with van der Waals surface area (Å²) in [7, 11) is 1.71. The Labute approximate surface area is 200 Å². The molecule has 8 nitrogen and oxygen atoms in total. The highest BCUT2D eigenvalue weighted by atomic mass is 127. The number of piperazine rings is 1. The third-order valence-corrected chi connectivity index (χ3v) is 5.31. The SMILES string of the molecule is CCNC(=NCCc1nnc2ccccn12)N1CCN(c2cccc(OC)c2)CC1.I. The number of hydrogen-bond donors (Lipinski definition) is 1. The number of fused-ring (bicyclic) bond motifs is 1. The van der Waals surface area contributed by atoms with Crippen LogP contribution in [0.4, 0.5) is 5.69 Å². The summed E-state index contributed by atoms with van der Waals surface area (Å²) in [6, 6.07) is 14.2. The van der Waals surface area contributed by atoms with Gasteiger partial charge in [0, 0.05) is 63.6 Å². The van der Waals surface area contributed by atoms with Crippen molar-refractivity contribution in [2.75, 3.05) is 51.3 Å². The van der Waals surface area contributed by atoms with Crippen molar-refractivity contribution in [2.45, 2.75) is 13.3 Å². The minimum atomic E-state index is 0. The van der Waals surface area contributed by atoms with E-state index in [1.807, 2.05) is 40.9 Å². The highest BCUT2D eigenvalue weighted by Crippen LogP contribution is 2.22. The van der Waals surface area contributed by atoms with Crippen LogP contribution in [0.25, 0.3) is 5.65 Å². The first kappa shape index (κ1) is 23.1. The van der Waals surface area contributed by atoms with E-state index in [1.165, 1.54) is 5.69 Å². The number of methoxy groups -OCH3 is 1. The van der Waals surface area contributed by atoms with Crippen molar-refractivity contribution in [3.05, 3.63) is 54.5 Å². The molecule has 0 spiro atoms.